The summed E-state index contributed by atoms with van der Waals surface area (Å²) in [7, 11) is 7.44. The molecule has 0 saturated heterocycles. The highest BCUT2D eigenvalue weighted by molar-refractivity contribution is 5.74. The van der Waals surface area contributed by atoms with Crippen LogP contribution in [0.2, 0.25) is 0 Å². The third-order valence-electron chi connectivity index (χ3n) is 4.04. The number of likely N-dealkylation sites (N-methyl/N-ethyl adjacent to an activating group) is 1. The maximum Gasteiger partial charge on any atom is 0.315 e. The molecule has 2 N–H and O–H groups in total. The van der Waals surface area contributed by atoms with Crippen LogP contribution in [-0.4, -0.2) is 53.4 Å². The normalized spacial score (nSPS) is 13.4. The monoisotopic (exact) mass is 346 g/mol. The Kier molecular flexibility index (Phi) is 6.35. The van der Waals surface area contributed by atoms with Gasteiger partial charge in [-0.25, -0.2) is 4.79 Å². The summed E-state index contributed by atoms with van der Waals surface area (Å²) in [6, 6.07) is 7.40. The smallest absolute Gasteiger partial charge is 0.315 e. The number of benzene rings is 1. The van der Waals surface area contributed by atoms with Gasteiger partial charge in [0.15, 0.2) is 5.82 Å². The van der Waals surface area contributed by atoms with E-state index in [0.29, 0.717) is 12.4 Å². The molecule has 0 unspecified atom stereocenters. The number of aryl methyl sites for hydroxylation is 1. The van der Waals surface area contributed by atoms with Crippen molar-refractivity contribution in [3.05, 3.63) is 42.0 Å². The molecular formula is C17H26N6O2. The number of nitrogens with zero attached hydrogens (tertiary/aromatic N) is 4. The highest BCUT2D eigenvalue weighted by Gasteiger charge is 2.18. The number of nitrogens with one attached hydrogen (secondary N) is 2. The molecule has 136 valence electrons. The molecule has 0 saturated carbocycles. The second-order valence-corrected chi connectivity index (χ2v) is 6.13. The van der Waals surface area contributed by atoms with Crippen LogP contribution in [0.25, 0.3) is 0 Å². The Morgan fingerprint density at radius 3 is 2.76 bits per heavy atom. The number of hydrogen-bond donors (Lipinski definition) is 2. The largest absolute Gasteiger partial charge is 0.497 e. The van der Waals surface area contributed by atoms with Gasteiger partial charge in [0, 0.05) is 13.6 Å². The molecule has 2 aromatic rings. The van der Waals surface area contributed by atoms with E-state index < -0.39 is 0 Å². The summed E-state index contributed by atoms with van der Waals surface area (Å²) in [5, 5.41) is 13.6. The van der Waals surface area contributed by atoms with Gasteiger partial charge in [0.05, 0.1) is 19.2 Å². The van der Waals surface area contributed by atoms with Gasteiger partial charge >= 0.3 is 6.03 Å². The van der Waals surface area contributed by atoms with Crippen LogP contribution in [-0.2, 0) is 7.05 Å². The fourth-order valence-corrected chi connectivity index (χ4v) is 2.63. The lowest BCUT2D eigenvalue weighted by molar-refractivity contribution is 0.229. The third-order valence-corrected chi connectivity index (χ3v) is 4.04. The lowest BCUT2D eigenvalue weighted by atomic mass is 10.1. The topological polar surface area (TPSA) is 84.3 Å². The maximum atomic E-state index is 12.2. The number of ether oxygens (including phenoxy) is 1. The lowest BCUT2D eigenvalue weighted by Gasteiger charge is -2.26. The van der Waals surface area contributed by atoms with Crippen LogP contribution >= 0.6 is 0 Å². The predicted octanol–water partition coefficient (Wildman–Crippen LogP) is 1.49. The zero-order valence-corrected chi connectivity index (χ0v) is 15.4. The van der Waals surface area contributed by atoms with Crippen molar-refractivity contribution >= 4 is 6.03 Å². The van der Waals surface area contributed by atoms with Crippen molar-refractivity contribution in [1.29, 1.82) is 0 Å². The number of hydrogen-bond acceptors (Lipinski definition) is 5. The zero-order chi connectivity index (χ0) is 18.4. The molecule has 2 atom stereocenters. The van der Waals surface area contributed by atoms with Crippen molar-refractivity contribution in [2.24, 2.45) is 7.05 Å². The average molecular weight is 346 g/mol. The molecule has 0 aliphatic carbocycles. The van der Waals surface area contributed by atoms with Gasteiger partial charge in [0.25, 0.3) is 0 Å². The van der Waals surface area contributed by atoms with E-state index in [4.69, 9.17) is 4.74 Å². The molecule has 0 aliphatic rings. The molecule has 8 nitrogen and oxygen atoms in total. The molecule has 1 heterocycles. The first-order valence-electron chi connectivity index (χ1n) is 8.11. The molecule has 0 aliphatic heterocycles. The minimum Gasteiger partial charge on any atom is -0.497 e. The summed E-state index contributed by atoms with van der Waals surface area (Å²) in [5.41, 5.74) is 1.07. The average Bonchev–Trinajstić information content (AvgIpc) is 3.01. The second kappa shape index (κ2) is 8.48. The second-order valence-electron chi connectivity index (χ2n) is 6.13. The van der Waals surface area contributed by atoms with Crippen LogP contribution in [0.5, 0.6) is 5.75 Å². The van der Waals surface area contributed by atoms with E-state index in [2.05, 4.69) is 25.7 Å². The fraction of sp³-hybridized carbons (Fsp3) is 0.471. The van der Waals surface area contributed by atoms with E-state index in [1.54, 1.807) is 18.0 Å². The first kappa shape index (κ1) is 18.7. The highest BCUT2D eigenvalue weighted by Crippen LogP contribution is 2.22. The molecule has 0 fully saturated rings. The molecule has 2 rings (SSSR count). The Morgan fingerprint density at radius 1 is 1.40 bits per heavy atom. The zero-order valence-electron chi connectivity index (χ0n) is 15.4. The van der Waals surface area contributed by atoms with Crippen LogP contribution in [0.1, 0.15) is 30.4 Å². The Hall–Kier alpha value is -2.61. The quantitative estimate of drug-likeness (QED) is 0.793. The summed E-state index contributed by atoms with van der Waals surface area (Å²) in [5.74, 6) is 1.50. The summed E-state index contributed by atoms with van der Waals surface area (Å²) in [6.45, 7) is 2.34. The number of amides is 2. The van der Waals surface area contributed by atoms with Crippen molar-refractivity contribution in [3.63, 3.8) is 0 Å². The van der Waals surface area contributed by atoms with E-state index in [-0.39, 0.29) is 18.1 Å². The standard InChI is InChI=1S/C17H26N6O2/c1-12(16-21-19-11-23(16)4)20-17(24)18-10-15(22(2)3)13-7-6-8-14(9-13)25-5/h6-9,11-12,15H,10H2,1-5H3,(H2,18,20,24)/t12-,15-/m0/s1. The van der Waals surface area contributed by atoms with E-state index in [0.717, 1.165) is 11.3 Å². The predicted molar refractivity (Wildman–Crippen MR) is 95.4 cm³/mol. The molecule has 0 spiro atoms. The summed E-state index contributed by atoms with van der Waals surface area (Å²) < 4.78 is 7.06. The molecule has 2 amide bonds. The number of rotatable bonds is 7. The Bertz CT molecular complexity index is 700. The molecule has 8 heteroatoms. The van der Waals surface area contributed by atoms with Gasteiger partial charge in [-0.2, -0.15) is 0 Å². The Labute approximate surface area is 148 Å². The maximum absolute atomic E-state index is 12.2. The van der Waals surface area contributed by atoms with Crippen LogP contribution in [0.3, 0.4) is 0 Å². The van der Waals surface area contributed by atoms with Crippen molar-refractivity contribution in [2.45, 2.75) is 19.0 Å². The van der Waals surface area contributed by atoms with E-state index in [1.165, 1.54) is 0 Å². The first-order valence-corrected chi connectivity index (χ1v) is 8.11. The summed E-state index contributed by atoms with van der Waals surface area (Å²) >= 11 is 0. The molecule has 25 heavy (non-hydrogen) atoms. The fourth-order valence-electron chi connectivity index (χ4n) is 2.63. The van der Waals surface area contributed by atoms with Gasteiger partial charge in [-0.05, 0) is 38.7 Å². The van der Waals surface area contributed by atoms with Crippen molar-refractivity contribution < 1.29 is 9.53 Å². The SMILES string of the molecule is COc1cccc([C@H](CNC(=O)N[C@@H](C)c2nncn2C)N(C)C)c1. The van der Waals surface area contributed by atoms with E-state index in [9.17, 15) is 4.79 Å². The van der Waals surface area contributed by atoms with Crippen molar-refractivity contribution in [1.82, 2.24) is 30.3 Å². The Balaban J connectivity index is 1.96. The van der Waals surface area contributed by atoms with Crippen molar-refractivity contribution in [2.75, 3.05) is 27.7 Å². The number of carbonyl (C=O) groups is 1. The van der Waals surface area contributed by atoms with Gasteiger partial charge in [-0.15, -0.1) is 10.2 Å². The summed E-state index contributed by atoms with van der Waals surface area (Å²) in [4.78, 5) is 14.3. The lowest BCUT2D eigenvalue weighted by Crippen LogP contribution is -2.41. The molecule has 0 radical (unpaired) electrons. The first-order chi connectivity index (χ1) is 11.9. The minimum atomic E-state index is -0.245. The third kappa shape index (κ3) is 4.93. The van der Waals surface area contributed by atoms with Gasteiger partial charge in [-0.1, -0.05) is 12.1 Å². The van der Waals surface area contributed by atoms with E-state index in [1.807, 2.05) is 52.3 Å². The van der Waals surface area contributed by atoms with Gasteiger partial charge in [0.2, 0.25) is 0 Å². The molecular weight excluding hydrogens is 320 g/mol. The van der Waals surface area contributed by atoms with Crippen molar-refractivity contribution in [3.8, 4) is 5.75 Å². The van der Waals surface area contributed by atoms with Gasteiger partial charge < -0.3 is 24.8 Å². The van der Waals surface area contributed by atoms with Gasteiger partial charge in [0.1, 0.15) is 12.1 Å². The molecule has 1 aromatic heterocycles. The van der Waals surface area contributed by atoms with Gasteiger partial charge in [-0.3, -0.25) is 0 Å². The van der Waals surface area contributed by atoms with Crippen LogP contribution < -0.4 is 15.4 Å². The Morgan fingerprint density at radius 2 is 2.16 bits per heavy atom. The van der Waals surface area contributed by atoms with Crippen LogP contribution in [0, 0.1) is 0 Å². The van der Waals surface area contributed by atoms with Crippen LogP contribution in [0.4, 0.5) is 4.79 Å². The number of urea groups is 1. The van der Waals surface area contributed by atoms with E-state index >= 15 is 0 Å². The molecule has 0 bridgehead atoms. The number of aromatic nitrogens is 3. The highest BCUT2D eigenvalue weighted by atomic mass is 16.5. The molecule has 1 aromatic carbocycles. The number of methoxy groups -OCH3 is 1. The van der Waals surface area contributed by atoms with Crippen LogP contribution in [0.15, 0.2) is 30.6 Å². The number of carbonyl (C=O) groups excluding carboxylic acids is 1. The summed E-state index contributed by atoms with van der Waals surface area (Å²) in [6.07, 6.45) is 1.61. The minimum absolute atomic E-state index is 0.0333.